The Morgan fingerprint density at radius 2 is 1.78 bits per heavy atom. The molecule has 3 amide bonds. The Kier molecular flexibility index (Phi) is 5.50. The summed E-state index contributed by atoms with van der Waals surface area (Å²) in [6.45, 7) is 1.93. The van der Waals surface area contributed by atoms with Crippen molar-refractivity contribution in [3.63, 3.8) is 0 Å². The third kappa shape index (κ3) is 3.85. The van der Waals surface area contributed by atoms with Crippen molar-refractivity contribution < 1.29 is 19.3 Å². The molecule has 0 bridgehead atoms. The van der Waals surface area contributed by atoms with Crippen molar-refractivity contribution in [3.8, 4) is 0 Å². The second kappa shape index (κ2) is 8.42. The summed E-state index contributed by atoms with van der Waals surface area (Å²) in [5.41, 5.74) is 1.36. The van der Waals surface area contributed by atoms with E-state index in [1.807, 2.05) is 24.3 Å². The van der Waals surface area contributed by atoms with Gasteiger partial charge in [-0.15, -0.1) is 0 Å². The molecule has 0 radical (unpaired) electrons. The fraction of sp³-hybridized carbons (Fsp3) is 0.182. The van der Waals surface area contributed by atoms with Gasteiger partial charge < -0.3 is 5.32 Å². The zero-order valence-corrected chi connectivity index (χ0v) is 17.1. The van der Waals surface area contributed by atoms with Crippen LogP contribution >= 0.6 is 0 Å². The summed E-state index contributed by atoms with van der Waals surface area (Å²) in [4.78, 5) is 49.0. The third-order valence-electron chi connectivity index (χ3n) is 5.22. The van der Waals surface area contributed by atoms with Gasteiger partial charge in [-0.3, -0.25) is 29.4 Å². The first-order valence-corrected chi connectivity index (χ1v) is 9.92. The summed E-state index contributed by atoms with van der Waals surface area (Å²) in [7, 11) is 0. The van der Waals surface area contributed by atoms with Crippen LogP contribution in [-0.4, -0.2) is 43.9 Å². The average Bonchev–Trinajstić information content (AvgIpc) is 3.31. The molecule has 0 saturated heterocycles. The van der Waals surface area contributed by atoms with Gasteiger partial charge in [-0.1, -0.05) is 37.3 Å². The van der Waals surface area contributed by atoms with Crippen molar-refractivity contribution >= 4 is 29.2 Å². The molecule has 10 heteroatoms. The summed E-state index contributed by atoms with van der Waals surface area (Å²) in [5, 5.41) is 18.1. The quantitative estimate of drug-likeness (QED) is 0.347. The fourth-order valence-electron chi connectivity index (χ4n) is 3.56. The Balaban J connectivity index is 1.46. The van der Waals surface area contributed by atoms with Gasteiger partial charge in [0.1, 0.15) is 17.9 Å². The first-order chi connectivity index (χ1) is 15.4. The number of anilines is 1. The van der Waals surface area contributed by atoms with Gasteiger partial charge in [0.05, 0.1) is 23.2 Å². The number of nitrogens with one attached hydrogen (secondary N) is 1. The molecule has 2 aromatic carbocycles. The second-order valence-electron chi connectivity index (χ2n) is 7.25. The molecule has 1 N–H and O–H groups in total. The maximum atomic E-state index is 12.6. The molecule has 1 aliphatic rings. The summed E-state index contributed by atoms with van der Waals surface area (Å²) >= 11 is 0. The van der Waals surface area contributed by atoms with E-state index in [2.05, 4.69) is 17.3 Å². The molecule has 0 aliphatic carbocycles. The van der Waals surface area contributed by atoms with Crippen LogP contribution in [0.2, 0.25) is 0 Å². The molecule has 32 heavy (non-hydrogen) atoms. The molecule has 0 saturated carbocycles. The minimum absolute atomic E-state index is 0.0856. The van der Waals surface area contributed by atoms with E-state index >= 15 is 0 Å². The highest BCUT2D eigenvalue weighted by molar-refractivity contribution is 6.24. The Morgan fingerprint density at radius 3 is 2.47 bits per heavy atom. The lowest BCUT2D eigenvalue weighted by Gasteiger charge is -2.14. The number of aromatic nitrogens is 2. The van der Waals surface area contributed by atoms with E-state index in [0.717, 1.165) is 18.1 Å². The smallest absolute Gasteiger partial charge is 0.282 e. The topological polar surface area (TPSA) is 127 Å². The lowest BCUT2D eigenvalue weighted by atomic mass is 10.1. The first kappa shape index (κ1) is 20.9. The van der Waals surface area contributed by atoms with Gasteiger partial charge in [0, 0.05) is 12.1 Å². The van der Waals surface area contributed by atoms with Gasteiger partial charge in [0.15, 0.2) is 0 Å². The zero-order chi connectivity index (χ0) is 22.8. The minimum Gasteiger partial charge on any atom is -0.309 e. The van der Waals surface area contributed by atoms with E-state index in [4.69, 9.17) is 0 Å². The number of nitro benzene ring substituents is 1. The largest absolute Gasteiger partial charge is 0.309 e. The molecule has 0 unspecified atom stereocenters. The number of fused-ring (bicyclic) bond motifs is 1. The number of hydrogen-bond donors (Lipinski definition) is 1. The number of aryl methyl sites for hydroxylation is 1. The highest BCUT2D eigenvalue weighted by Gasteiger charge is 2.41. The number of rotatable bonds is 7. The number of imide groups is 1. The van der Waals surface area contributed by atoms with E-state index in [1.165, 1.54) is 23.9 Å². The van der Waals surface area contributed by atoms with Gasteiger partial charge in [-0.05, 0) is 23.6 Å². The van der Waals surface area contributed by atoms with E-state index in [1.54, 1.807) is 10.7 Å². The summed E-state index contributed by atoms with van der Waals surface area (Å²) in [6, 6.07) is 13.4. The first-order valence-electron chi connectivity index (χ1n) is 9.92. The van der Waals surface area contributed by atoms with E-state index in [9.17, 15) is 24.5 Å². The van der Waals surface area contributed by atoms with Crippen molar-refractivity contribution in [2.75, 3.05) is 11.9 Å². The van der Waals surface area contributed by atoms with Crippen LogP contribution in [0.5, 0.6) is 0 Å². The number of amides is 3. The summed E-state index contributed by atoms with van der Waals surface area (Å²) in [5.74, 6) is -1.83. The number of carbonyl (C=O) groups is 3. The molecular formula is C22H19N5O5. The molecule has 3 aromatic rings. The van der Waals surface area contributed by atoms with Gasteiger partial charge in [0.25, 0.3) is 17.5 Å². The molecule has 0 atom stereocenters. The van der Waals surface area contributed by atoms with Crippen LogP contribution in [0.3, 0.4) is 0 Å². The maximum Gasteiger partial charge on any atom is 0.282 e. The standard InChI is InChI=1S/C22H19N5O5/c1-2-14-6-8-15(9-7-14)12-26-18(10-11-23-26)24-19(28)13-25-21(29)16-4-3-5-17(27(31)32)20(16)22(25)30/h3-11H,2,12-13H2,1H3,(H,24,28). The summed E-state index contributed by atoms with van der Waals surface area (Å²) in [6.07, 6.45) is 2.46. The molecule has 0 fully saturated rings. The third-order valence-corrected chi connectivity index (χ3v) is 5.22. The predicted octanol–water partition coefficient (Wildman–Crippen LogP) is 2.64. The van der Waals surface area contributed by atoms with Crippen LogP contribution in [-0.2, 0) is 17.8 Å². The van der Waals surface area contributed by atoms with E-state index in [0.29, 0.717) is 17.3 Å². The normalized spacial score (nSPS) is 12.7. The maximum absolute atomic E-state index is 12.6. The van der Waals surface area contributed by atoms with Crippen molar-refractivity contribution in [3.05, 3.63) is 87.1 Å². The van der Waals surface area contributed by atoms with Crippen molar-refractivity contribution in [2.45, 2.75) is 19.9 Å². The van der Waals surface area contributed by atoms with Crippen LogP contribution < -0.4 is 5.32 Å². The van der Waals surface area contributed by atoms with Crippen molar-refractivity contribution in [1.29, 1.82) is 0 Å². The molecule has 162 valence electrons. The minimum atomic E-state index is -0.864. The Labute approximate surface area is 182 Å². The van der Waals surface area contributed by atoms with Crippen LogP contribution in [0.4, 0.5) is 11.5 Å². The molecule has 0 spiro atoms. The number of carbonyl (C=O) groups excluding carboxylic acids is 3. The molecule has 1 aromatic heterocycles. The van der Waals surface area contributed by atoms with Crippen LogP contribution in [0.15, 0.2) is 54.7 Å². The monoisotopic (exact) mass is 433 g/mol. The van der Waals surface area contributed by atoms with Gasteiger partial charge in [-0.2, -0.15) is 5.10 Å². The number of hydrogen-bond acceptors (Lipinski definition) is 6. The fourth-order valence-corrected chi connectivity index (χ4v) is 3.56. The van der Waals surface area contributed by atoms with Gasteiger partial charge in [-0.25, -0.2) is 4.68 Å². The lowest BCUT2D eigenvalue weighted by molar-refractivity contribution is -0.385. The van der Waals surface area contributed by atoms with Crippen LogP contribution in [0.1, 0.15) is 38.8 Å². The van der Waals surface area contributed by atoms with Crippen LogP contribution in [0, 0.1) is 10.1 Å². The number of benzene rings is 2. The van der Waals surface area contributed by atoms with E-state index in [-0.39, 0.29) is 11.1 Å². The van der Waals surface area contributed by atoms with Gasteiger partial charge in [0.2, 0.25) is 5.91 Å². The lowest BCUT2D eigenvalue weighted by Crippen LogP contribution is -2.37. The SMILES string of the molecule is CCc1ccc(Cn2nccc2NC(=O)CN2C(=O)c3cccc([N+](=O)[O-])c3C2=O)cc1. The highest BCUT2D eigenvalue weighted by Crippen LogP contribution is 2.30. The molecular weight excluding hydrogens is 414 g/mol. The summed E-state index contributed by atoms with van der Waals surface area (Å²) < 4.78 is 1.59. The van der Waals surface area contributed by atoms with Gasteiger partial charge >= 0.3 is 0 Å². The Bertz CT molecular complexity index is 1230. The molecule has 4 rings (SSSR count). The Hall–Kier alpha value is -4.34. The van der Waals surface area contributed by atoms with Crippen LogP contribution in [0.25, 0.3) is 0 Å². The number of nitrogens with zero attached hydrogens (tertiary/aromatic N) is 4. The Morgan fingerprint density at radius 1 is 1.06 bits per heavy atom. The molecule has 1 aliphatic heterocycles. The van der Waals surface area contributed by atoms with Crippen molar-refractivity contribution in [1.82, 2.24) is 14.7 Å². The number of nitro groups is 1. The molecule has 10 nitrogen and oxygen atoms in total. The second-order valence-corrected chi connectivity index (χ2v) is 7.25. The predicted molar refractivity (Wildman–Crippen MR) is 114 cm³/mol. The average molecular weight is 433 g/mol. The van der Waals surface area contributed by atoms with Crippen molar-refractivity contribution in [2.24, 2.45) is 0 Å². The zero-order valence-electron chi connectivity index (χ0n) is 17.1. The molecule has 2 heterocycles. The highest BCUT2D eigenvalue weighted by atomic mass is 16.6. The van der Waals surface area contributed by atoms with E-state index < -0.39 is 34.9 Å².